The van der Waals surface area contributed by atoms with Crippen molar-refractivity contribution in [3.63, 3.8) is 0 Å². The minimum absolute atomic E-state index is 0.166. The number of anilines is 1. The van der Waals surface area contributed by atoms with Crippen LogP contribution in [-0.4, -0.2) is 32.7 Å². The quantitative estimate of drug-likeness (QED) is 0.578. The molecule has 8 heteroatoms. The molecule has 3 amide bonds. The monoisotopic (exact) mass is 451 g/mol. The second-order valence-corrected chi connectivity index (χ2v) is 9.26. The van der Waals surface area contributed by atoms with Gasteiger partial charge in [-0.3, -0.25) is 24.6 Å². The largest absolute Gasteiger partial charge is 0.298 e. The average Bonchev–Trinajstić information content (AvgIpc) is 3.32. The number of carbonyl (C=O) groups is 3. The molecule has 1 aliphatic rings. The molecule has 0 atom stereocenters. The molecule has 0 spiro atoms. The van der Waals surface area contributed by atoms with E-state index in [0.29, 0.717) is 10.7 Å². The molecule has 2 aromatic carbocycles. The summed E-state index contributed by atoms with van der Waals surface area (Å²) < 4.78 is 0. The third-order valence-electron chi connectivity index (χ3n) is 5.21. The normalized spacial score (nSPS) is 13.7. The molecular weight excluding hydrogens is 430 g/mol. The van der Waals surface area contributed by atoms with Crippen LogP contribution in [0.25, 0.3) is 11.3 Å². The van der Waals surface area contributed by atoms with E-state index in [1.165, 1.54) is 27.4 Å². The van der Waals surface area contributed by atoms with E-state index < -0.39 is 0 Å². The highest BCUT2D eigenvalue weighted by Gasteiger charge is 2.29. The lowest BCUT2D eigenvalue weighted by atomic mass is 9.99. The standard InChI is InChI=1S/C23H21N3O3S2/c1-13-7-15(3)18(8-14(13)2)19-11-30-22(24-19)25-21(28)17-6-4-5-16(9-17)10-26-20(27)12-31-23(26)29/h4-9,11H,10,12H2,1-3H3,(H,24,25,28). The Morgan fingerprint density at radius 1 is 1.10 bits per heavy atom. The van der Waals surface area contributed by atoms with Gasteiger partial charge in [0.1, 0.15) is 0 Å². The molecule has 6 nitrogen and oxygen atoms in total. The highest BCUT2D eigenvalue weighted by Crippen LogP contribution is 2.30. The Labute approximate surface area is 188 Å². The highest BCUT2D eigenvalue weighted by atomic mass is 32.2. The van der Waals surface area contributed by atoms with Gasteiger partial charge in [0.25, 0.3) is 11.1 Å². The van der Waals surface area contributed by atoms with E-state index in [9.17, 15) is 14.4 Å². The minimum atomic E-state index is -0.284. The van der Waals surface area contributed by atoms with Crippen LogP contribution in [0.15, 0.2) is 41.8 Å². The molecule has 158 valence electrons. The predicted molar refractivity (Wildman–Crippen MR) is 125 cm³/mol. The molecule has 0 aliphatic carbocycles. The van der Waals surface area contributed by atoms with Crippen molar-refractivity contribution in [1.29, 1.82) is 0 Å². The predicted octanol–water partition coefficient (Wildman–Crippen LogP) is 5.18. The number of benzene rings is 2. The first-order chi connectivity index (χ1) is 14.8. The Kier molecular flexibility index (Phi) is 5.93. The number of thioether (sulfide) groups is 1. The topological polar surface area (TPSA) is 79.4 Å². The Morgan fingerprint density at radius 2 is 1.87 bits per heavy atom. The van der Waals surface area contributed by atoms with E-state index in [1.807, 2.05) is 5.38 Å². The van der Waals surface area contributed by atoms with Crippen LogP contribution < -0.4 is 5.32 Å². The van der Waals surface area contributed by atoms with Gasteiger partial charge in [-0.25, -0.2) is 4.98 Å². The zero-order valence-electron chi connectivity index (χ0n) is 17.4. The number of nitrogens with zero attached hydrogens (tertiary/aromatic N) is 2. The van der Waals surface area contributed by atoms with Crippen LogP contribution in [0.1, 0.15) is 32.6 Å². The molecule has 0 unspecified atom stereocenters. The number of hydrogen-bond donors (Lipinski definition) is 1. The summed E-state index contributed by atoms with van der Waals surface area (Å²) in [6.07, 6.45) is 0. The van der Waals surface area contributed by atoms with Crippen molar-refractivity contribution in [3.8, 4) is 11.3 Å². The Bertz CT molecular complexity index is 1190. The molecule has 0 bridgehead atoms. The number of carbonyl (C=O) groups excluding carboxylic acids is 3. The van der Waals surface area contributed by atoms with Gasteiger partial charge >= 0.3 is 0 Å². The second-order valence-electron chi connectivity index (χ2n) is 7.48. The molecule has 3 aromatic rings. The Hall–Kier alpha value is -2.97. The van der Waals surface area contributed by atoms with Crippen LogP contribution in [0, 0.1) is 20.8 Å². The second kappa shape index (κ2) is 8.64. The molecule has 0 saturated carbocycles. The van der Waals surface area contributed by atoms with Gasteiger partial charge in [0.2, 0.25) is 5.91 Å². The molecule has 1 fully saturated rings. The zero-order valence-corrected chi connectivity index (χ0v) is 19.0. The number of aromatic nitrogens is 1. The fraction of sp³-hybridized carbons (Fsp3) is 0.217. The lowest BCUT2D eigenvalue weighted by Gasteiger charge is -2.13. The number of rotatable bonds is 5. The van der Waals surface area contributed by atoms with Crippen LogP contribution in [0.3, 0.4) is 0 Å². The van der Waals surface area contributed by atoms with E-state index in [2.05, 4.69) is 43.2 Å². The van der Waals surface area contributed by atoms with E-state index >= 15 is 0 Å². The SMILES string of the molecule is Cc1cc(C)c(-c2csc(NC(=O)c3cccc(CN4C(=O)CSC4=O)c3)n2)cc1C. The van der Waals surface area contributed by atoms with Crippen molar-refractivity contribution in [2.45, 2.75) is 27.3 Å². The molecule has 4 rings (SSSR count). The molecule has 1 saturated heterocycles. The zero-order chi connectivity index (χ0) is 22.1. The number of amides is 3. The van der Waals surface area contributed by atoms with Crippen molar-refractivity contribution in [3.05, 3.63) is 69.6 Å². The summed E-state index contributed by atoms with van der Waals surface area (Å²) in [6.45, 7) is 6.38. The third-order valence-corrected chi connectivity index (χ3v) is 6.83. The van der Waals surface area contributed by atoms with Crippen LogP contribution >= 0.6 is 23.1 Å². The summed E-state index contributed by atoms with van der Waals surface area (Å²) in [4.78, 5) is 42.2. The van der Waals surface area contributed by atoms with Gasteiger partial charge < -0.3 is 0 Å². The van der Waals surface area contributed by atoms with Crippen LogP contribution in [0.5, 0.6) is 0 Å². The maximum atomic E-state index is 12.7. The maximum absolute atomic E-state index is 12.7. The summed E-state index contributed by atoms with van der Waals surface area (Å²) in [5, 5.41) is 5.05. The Morgan fingerprint density at radius 3 is 2.61 bits per heavy atom. The number of aryl methyl sites for hydroxylation is 3. The van der Waals surface area contributed by atoms with Crippen LogP contribution in [0.4, 0.5) is 9.93 Å². The van der Waals surface area contributed by atoms with Gasteiger partial charge in [0.15, 0.2) is 5.13 Å². The van der Waals surface area contributed by atoms with E-state index in [1.54, 1.807) is 24.3 Å². The summed E-state index contributed by atoms with van der Waals surface area (Å²) in [5.74, 6) is -0.319. The molecule has 1 N–H and O–H groups in total. The van der Waals surface area contributed by atoms with Gasteiger partial charge in [-0.05, 0) is 61.2 Å². The molecule has 1 aromatic heterocycles. The van der Waals surface area contributed by atoms with Gasteiger partial charge in [-0.1, -0.05) is 30.0 Å². The summed E-state index contributed by atoms with van der Waals surface area (Å²) in [7, 11) is 0. The summed E-state index contributed by atoms with van der Waals surface area (Å²) in [6, 6.07) is 11.2. The number of hydrogen-bond acceptors (Lipinski definition) is 6. The molecule has 2 heterocycles. The van der Waals surface area contributed by atoms with Gasteiger partial charge in [0.05, 0.1) is 18.0 Å². The van der Waals surface area contributed by atoms with Crippen molar-refractivity contribution in [2.24, 2.45) is 0 Å². The van der Waals surface area contributed by atoms with E-state index in [0.717, 1.165) is 34.1 Å². The first-order valence-corrected chi connectivity index (χ1v) is 11.6. The average molecular weight is 452 g/mol. The molecular formula is C23H21N3O3S2. The fourth-order valence-corrected chi connectivity index (χ4v) is 4.82. The van der Waals surface area contributed by atoms with Crippen molar-refractivity contribution < 1.29 is 14.4 Å². The van der Waals surface area contributed by atoms with Crippen molar-refractivity contribution >= 4 is 45.3 Å². The molecule has 1 aliphatic heterocycles. The van der Waals surface area contributed by atoms with Gasteiger partial charge in [0, 0.05) is 16.5 Å². The summed E-state index contributed by atoms with van der Waals surface area (Å²) in [5.41, 5.74) is 6.64. The first kappa shape index (κ1) is 21.3. The lowest BCUT2D eigenvalue weighted by molar-refractivity contribution is -0.125. The lowest BCUT2D eigenvalue weighted by Crippen LogP contribution is -2.28. The third kappa shape index (κ3) is 4.55. The summed E-state index contributed by atoms with van der Waals surface area (Å²) >= 11 is 2.37. The number of imide groups is 1. The van der Waals surface area contributed by atoms with Gasteiger partial charge in [-0.2, -0.15) is 0 Å². The van der Waals surface area contributed by atoms with Crippen molar-refractivity contribution in [2.75, 3.05) is 11.1 Å². The van der Waals surface area contributed by atoms with Gasteiger partial charge in [-0.15, -0.1) is 11.3 Å². The first-order valence-electron chi connectivity index (χ1n) is 9.73. The fourth-order valence-electron chi connectivity index (χ4n) is 3.39. The number of thiazole rings is 1. The molecule has 31 heavy (non-hydrogen) atoms. The van der Waals surface area contributed by atoms with Crippen molar-refractivity contribution in [1.82, 2.24) is 9.88 Å². The van der Waals surface area contributed by atoms with Crippen LogP contribution in [0.2, 0.25) is 0 Å². The van der Waals surface area contributed by atoms with E-state index in [-0.39, 0.29) is 29.4 Å². The Balaban J connectivity index is 1.49. The smallest absolute Gasteiger partial charge is 0.289 e. The number of nitrogens with one attached hydrogen (secondary N) is 1. The molecule has 0 radical (unpaired) electrons. The maximum Gasteiger partial charge on any atom is 0.289 e. The van der Waals surface area contributed by atoms with E-state index in [4.69, 9.17) is 0 Å². The minimum Gasteiger partial charge on any atom is -0.298 e. The highest BCUT2D eigenvalue weighted by molar-refractivity contribution is 8.14. The van der Waals surface area contributed by atoms with Crippen LogP contribution in [-0.2, 0) is 11.3 Å².